The number of aromatic nitrogens is 1. The third kappa shape index (κ3) is 2.33. The van der Waals surface area contributed by atoms with Crippen molar-refractivity contribution >= 4 is 61.5 Å². The van der Waals surface area contributed by atoms with E-state index in [1.165, 1.54) is 11.3 Å². The zero-order valence-corrected chi connectivity index (χ0v) is 14.3. The Balaban J connectivity index is 1.78. The van der Waals surface area contributed by atoms with Gasteiger partial charge in [-0.3, -0.25) is 9.59 Å². The Kier molecular flexibility index (Phi) is 3.64. The van der Waals surface area contributed by atoms with Gasteiger partial charge in [0, 0.05) is 11.1 Å². The first kappa shape index (κ1) is 15.3. The van der Waals surface area contributed by atoms with Crippen molar-refractivity contribution in [3.63, 3.8) is 0 Å². The van der Waals surface area contributed by atoms with Crippen LogP contribution >= 0.6 is 34.5 Å². The van der Waals surface area contributed by atoms with Crippen molar-refractivity contribution in [3.05, 3.63) is 69.3 Å². The van der Waals surface area contributed by atoms with Crippen molar-refractivity contribution < 1.29 is 9.59 Å². The Labute approximate surface area is 150 Å². The van der Waals surface area contributed by atoms with E-state index in [9.17, 15) is 9.59 Å². The van der Waals surface area contributed by atoms with Crippen molar-refractivity contribution in [1.82, 2.24) is 4.98 Å². The van der Waals surface area contributed by atoms with Crippen molar-refractivity contribution in [2.45, 2.75) is 0 Å². The number of carbonyl (C=O) groups excluding carboxylic acids is 2. The SMILES string of the molecule is O=C1C(Cl)=C(Nc2nc3c(Cl)cccc3s2)C(=O)c2ccccc21. The lowest BCUT2D eigenvalue weighted by molar-refractivity contribution is 0.0982. The number of fused-ring (bicyclic) bond motifs is 2. The first-order valence-electron chi connectivity index (χ1n) is 6.96. The normalized spacial score (nSPS) is 14.2. The number of Topliss-reactive ketones (excluding diaryl/α,β-unsaturated/α-hetero) is 2. The summed E-state index contributed by atoms with van der Waals surface area (Å²) in [6.45, 7) is 0. The number of rotatable bonds is 2. The number of halogens is 2. The maximum absolute atomic E-state index is 12.7. The number of thiazole rings is 1. The Morgan fingerprint density at radius 1 is 0.917 bits per heavy atom. The van der Waals surface area contributed by atoms with Crippen molar-refractivity contribution in [3.8, 4) is 0 Å². The molecule has 0 saturated carbocycles. The molecule has 1 aromatic heterocycles. The van der Waals surface area contributed by atoms with Gasteiger partial charge >= 0.3 is 0 Å². The van der Waals surface area contributed by atoms with E-state index >= 15 is 0 Å². The van der Waals surface area contributed by atoms with Crippen LogP contribution < -0.4 is 5.32 Å². The lowest BCUT2D eigenvalue weighted by atomic mass is 9.92. The lowest BCUT2D eigenvalue weighted by Crippen LogP contribution is -2.24. The molecule has 0 saturated heterocycles. The summed E-state index contributed by atoms with van der Waals surface area (Å²) < 4.78 is 0.872. The highest BCUT2D eigenvalue weighted by Gasteiger charge is 2.31. The van der Waals surface area contributed by atoms with E-state index < -0.39 is 0 Å². The average Bonchev–Trinajstić information content (AvgIpc) is 3.01. The van der Waals surface area contributed by atoms with Gasteiger partial charge in [0.05, 0.1) is 9.72 Å². The minimum absolute atomic E-state index is 0.0375. The molecule has 4 nitrogen and oxygen atoms in total. The zero-order valence-electron chi connectivity index (χ0n) is 12.0. The van der Waals surface area contributed by atoms with E-state index in [2.05, 4.69) is 10.3 Å². The number of nitrogens with zero attached hydrogens (tertiary/aromatic N) is 1. The summed E-state index contributed by atoms with van der Waals surface area (Å²) in [6.07, 6.45) is 0. The first-order chi connectivity index (χ1) is 11.6. The Morgan fingerprint density at radius 2 is 1.62 bits per heavy atom. The van der Waals surface area contributed by atoms with Crippen LogP contribution in [0.2, 0.25) is 5.02 Å². The van der Waals surface area contributed by atoms with Gasteiger partial charge in [-0.25, -0.2) is 4.98 Å². The van der Waals surface area contributed by atoms with Gasteiger partial charge < -0.3 is 5.32 Å². The van der Waals surface area contributed by atoms with Crippen LogP contribution in [0, 0.1) is 0 Å². The van der Waals surface area contributed by atoms with Gasteiger partial charge in [-0.15, -0.1) is 0 Å². The minimum Gasteiger partial charge on any atom is -0.327 e. The second-order valence-electron chi connectivity index (χ2n) is 5.12. The number of anilines is 1. The average molecular weight is 375 g/mol. The van der Waals surface area contributed by atoms with Crippen LogP contribution in [0.1, 0.15) is 20.7 Å². The summed E-state index contributed by atoms with van der Waals surface area (Å²) in [5, 5.41) is 3.73. The van der Waals surface area contributed by atoms with Crippen LogP contribution in [-0.2, 0) is 0 Å². The summed E-state index contributed by atoms with van der Waals surface area (Å²) in [5.74, 6) is -0.714. The van der Waals surface area contributed by atoms with Crippen LogP contribution in [0.3, 0.4) is 0 Å². The van der Waals surface area contributed by atoms with Gasteiger partial charge in [0.2, 0.25) is 11.6 Å². The quantitative estimate of drug-likeness (QED) is 0.693. The van der Waals surface area contributed by atoms with E-state index in [1.54, 1.807) is 30.3 Å². The maximum atomic E-state index is 12.7. The molecule has 2 aromatic carbocycles. The van der Waals surface area contributed by atoms with E-state index in [1.807, 2.05) is 12.1 Å². The molecule has 24 heavy (non-hydrogen) atoms. The van der Waals surface area contributed by atoms with E-state index in [0.29, 0.717) is 26.8 Å². The standard InChI is InChI=1S/C17H8Cl2N2O2S/c18-10-6-3-7-11-13(10)20-17(24-11)21-14-12(19)15(22)8-4-1-2-5-9(8)16(14)23/h1-7H,(H,20,21). The fourth-order valence-corrected chi connectivity index (χ4v) is 3.94. The zero-order chi connectivity index (χ0) is 16.8. The third-order valence-electron chi connectivity index (χ3n) is 3.66. The van der Waals surface area contributed by atoms with Crippen LogP contribution in [0.15, 0.2) is 53.2 Å². The second-order valence-corrected chi connectivity index (χ2v) is 6.94. The molecule has 0 spiro atoms. The molecule has 0 amide bonds. The molecule has 0 radical (unpaired) electrons. The Morgan fingerprint density at radius 3 is 2.33 bits per heavy atom. The molecule has 118 valence electrons. The van der Waals surface area contributed by atoms with Crippen LogP contribution in [0.4, 0.5) is 5.13 Å². The number of carbonyl (C=O) groups is 2. The first-order valence-corrected chi connectivity index (χ1v) is 8.54. The number of para-hydroxylation sites is 1. The van der Waals surface area contributed by atoms with Gasteiger partial charge in [0.15, 0.2) is 5.13 Å². The van der Waals surface area contributed by atoms with E-state index in [-0.39, 0.29) is 22.3 Å². The van der Waals surface area contributed by atoms with Gasteiger partial charge in [-0.2, -0.15) is 0 Å². The molecule has 1 aliphatic rings. The van der Waals surface area contributed by atoms with Crippen molar-refractivity contribution in [1.29, 1.82) is 0 Å². The highest BCUT2D eigenvalue weighted by molar-refractivity contribution is 7.22. The molecule has 0 fully saturated rings. The summed E-state index contributed by atoms with van der Waals surface area (Å²) >= 11 is 13.6. The molecule has 0 unspecified atom stereocenters. The highest BCUT2D eigenvalue weighted by Crippen LogP contribution is 2.34. The van der Waals surface area contributed by atoms with Crippen LogP contribution in [-0.4, -0.2) is 16.6 Å². The molecule has 0 bridgehead atoms. The number of hydrogen-bond acceptors (Lipinski definition) is 5. The van der Waals surface area contributed by atoms with Gasteiger partial charge in [0.1, 0.15) is 16.2 Å². The van der Waals surface area contributed by atoms with E-state index in [4.69, 9.17) is 23.2 Å². The molecule has 1 aliphatic carbocycles. The number of ketones is 2. The molecular formula is C17H8Cl2N2O2S. The summed E-state index contributed by atoms with van der Waals surface area (Å²) in [7, 11) is 0. The third-order valence-corrected chi connectivity index (χ3v) is 5.27. The minimum atomic E-state index is -0.381. The number of allylic oxidation sites excluding steroid dienone is 2. The molecule has 1 N–H and O–H groups in total. The smallest absolute Gasteiger partial charge is 0.211 e. The summed E-state index contributed by atoms with van der Waals surface area (Å²) in [6, 6.07) is 12.0. The summed E-state index contributed by atoms with van der Waals surface area (Å²) in [5.41, 5.74) is 1.31. The monoisotopic (exact) mass is 374 g/mol. The largest absolute Gasteiger partial charge is 0.327 e. The second kappa shape index (κ2) is 5.70. The van der Waals surface area contributed by atoms with Gasteiger partial charge in [-0.05, 0) is 12.1 Å². The Hall–Kier alpha value is -2.21. The fourth-order valence-electron chi connectivity index (χ4n) is 2.53. The highest BCUT2D eigenvalue weighted by atomic mass is 35.5. The number of hydrogen-bond donors (Lipinski definition) is 1. The number of nitrogens with one attached hydrogen (secondary N) is 1. The number of benzene rings is 2. The van der Waals surface area contributed by atoms with Crippen LogP contribution in [0.5, 0.6) is 0 Å². The topological polar surface area (TPSA) is 59.1 Å². The molecule has 0 aliphatic heterocycles. The summed E-state index contributed by atoms with van der Waals surface area (Å²) in [4.78, 5) is 29.4. The van der Waals surface area contributed by atoms with Crippen molar-refractivity contribution in [2.24, 2.45) is 0 Å². The predicted octanol–water partition coefficient (Wildman–Crippen LogP) is 4.89. The predicted molar refractivity (Wildman–Crippen MR) is 96.2 cm³/mol. The molecule has 7 heteroatoms. The molecular weight excluding hydrogens is 367 g/mol. The van der Waals surface area contributed by atoms with E-state index in [0.717, 1.165) is 4.70 Å². The van der Waals surface area contributed by atoms with Crippen molar-refractivity contribution in [2.75, 3.05) is 5.32 Å². The maximum Gasteiger partial charge on any atom is 0.211 e. The van der Waals surface area contributed by atoms with Gasteiger partial charge in [-0.1, -0.05) is 64.9 Å². The van der Waals surface area contributed by atoms with Gasteiger partial charge in [0.25, 0.3) is 0 Å². The molecule has 3 aromatic rings. The Bertz CT molecular complexity index is 1060. The molecule has 4 rings (SSSR count). The van der Waals surface area contributed by atoms with Crippen LogP contribution in [0.25, 0.3) is 10.2 Å². The lowest BCUT2D eigenvalue weighted by Gasteiger charge is -2.17. The molecule has 0 atom stereocenters. The fraction of sp³-hybridized carbons (Fsp3) is 0. The molecule has 1 heterocycles.